The van der Waals surface area contributed by atoms with Gasteiger partial charge < -0.3 is 23.7 Å². The van der Waals surface area contributed by atoms with Gasteiger partial charge in [-0.15, -0.1) is 0 Å². The lowest BCUT2D eigenvalue weighted by atomic mass is 9.46. The Labute approximate surface area is 261 Å². The third kappa shape index (κ3) is 5.00. The van der Waals surface area contributed by atoms with Gasteiger partial charge in [0.2, 0.25) is 0 Å². The van der Waals surface area contributed by atoms with Gasteiger partial charge in [-0.3, -0.25) is 10.1 Å². The highest BCUT2D eigenvalue weighted by molar-refractivity contribution is 5.84. The molecule has 1 unspecified atom stereocenters. The van der Waals surface area contributed by atoms with Crippen LogP contribution in [0.15, 0.2) is 42.0 Å². The van der Waals surface area contributed by atoms with Crippen molar-refractivity contribution in [1.29, 1.82) is 0 Å². The van der Waals surface area contributed by atoms with E-state index < -0.39 is 6.09 Å². The fraction of sp³-hybridized carbons (Fsp3) is 0.722. The molecule has 2 heterocycles. The molecule has 8 nitrogen and oxygen atoms in total. The Kier molecular flexibility index (Phi) is 7.45. The Balaban J connectivity index is 1.19. The average molecular weight is 608 g/mol. The number of nitrogens with one attached hydrogen (secondary N) is 1. The Morgan fingerprint density at radius 3 is 2.41 bits per heavy atom. The molecule has 1 aromatic carbocycles. The monoisotopic (exact) mass is 607 g/mol. The van der Waals surface area contributed by atoms with Crippen LogP contribution in [-0.2, 0) is 28.5 Å². The normalized spacial score (nSPS) is 42.8. The van der Waals surface area contributed by atoms with E-state index in [1.54, 1.807) is 0 Å². The van der Waals surface area contributed by atoms with Crippen LogP contribution in [0.1, 0.15) is 73.6 Å². The minimum absolute atomic E-state index is 0.0197. The summed E-state index contributed by atoms with van der Waals surface area (Å²) in [5.41, 5.74) is 1.87. The first-order chi connectivity index (χ1) is 20.9. The summed E-state index contributed by atoms with van der Waals surface area (Å²) >= 11 is 0. The van der Waals surface area contributed by atoms with Crippen LogP contribution in [-0.4, -0.2) is 56.0 Å². The number of hydrogen-bond acceptors (Lipinski definition) is 7. The number of amides is 1. The molecule has 8 heteroatoms. The van der Waals surface area contributed by atoms with Gasteiger partial charge in [-0.2, -0.15) is 0 Å². The van der Waals surface area contributed by atoms with Crippen LogP contribution in [0.5, 0.6) is 0 Å². The third-order valence-electron chi connectivity index (χ3n) is 12.4. The minimum Gasteiger partial charge on any atom is -0.459 e. The minimum atomic E-state index is -0.435. The SMILES string of the molecule is CC(=O)O[C@@H]1CC2=C[C@@H](OC(=O)Nc3ccccc3)[C@H]3[C@@H]4CC[C@H](C(C)C5OCC(C)(C)CO5)[C@@]4(C)CC[C@@H]3[C@@]2(C)[C@H]2O[C@@H]12. The fourth-order valence-electron chi connectivity index (χ4n) is 10.3. The van der Waals surface area contributed by atoms with E-state index >= 15 is 0 Å². The highest BCUT2D eigenvalue weighted by Gasteiger charge is 2.70. The molecule has 240 valence electrons. The van der Waals surface area contributed by atoms with Crippen LogP contribution in [0.4, 0.5) is 10.5 Å². The molecule has 1 amide bonds. The lowest BCUT2D eigenvalue weighted by Crippen LogP contribution is -2.58. The molecule has 1 aromatic rings. The van der Waals surface area contributed by atoms with Crippen LogP contribution in [0.3, 0.4) is 0 Å². The van der Waals surface area contributed by atoms with Crippen LogP contribution < -0.4 is 5.32 Å². The zero-order valence-electron chi connectivity index (χ0n) is 27.0. The molecule has 0 aromatic heterocycles. The molecule has 2 aliphatic heterocycles. The summed E-state index contributed by atoms with van der Waals surface area (Å²) in [7, 11) is 0. The molecule has 6 aliphatic rings. The quantitative estimate of drug-likeness (QED) is 0.225. The first-order valence-electron chi connectivity index (χ1n) is 16.7. The van der Waals surface area contributed by atoms with Gasteiger partial charge in [0, 0.05) is 41.7 Å². The molecule has 0 spiro atoms. The molecular weight excluding hydrogens is 558 g/mol. The molecule has 0 bridgehead atoms. The topological polar surface area (TPSA) is 95.6 Å². The molecule has 5 fully saturated rings. The first-order valence-corrected chi connectivity index (χ1v) is 16.7. The number of benzene rings is 1. The van der Waals surface area contributed by atoms with Gasteiger partial charge in [-0.25, -0.2) is 4.79 Å². The van der Waals surface area contributed by atoms with Gasteiger partial charge in [0.1, 0.15) is 18.3 Å². The fourth-order valence-corrected chi connectivity index (χ4v) is 10.3. The molecule has 3 saturated carbocycles. The summed E-state index contributed by atoms with van der Waals surface area (Å²) in [6, 6.07) is 9.46. The molecule has 0 radical (unpaired) electrons. The van der Waals surface area contributed by atoms with E-state index in [9.17, 15) is 9.59 Å². The van der Waals surface area contributed by atoms with E-state index in [2.05, 4.69) is 46.0 Å². The average Bonchev–Trinajstić information content (AvgIpc) is 3.71. The molecule has 7 rings (SSSR count). The number of epoxide rings is 1. The zero-order chi connectivity index (χ0) is 31.0. The summed E-state index contributed by atoms with van der Waals surface area (Å²) in [5.74, 6) is 1.32. The Morgan fingerprint density at radius 1 is 0.977 bits per heavy atom. The van der Waals surface area contributed by atoms with E-state index in [0.717, 1.165) is 38.9 Å². The maximum atomic E-state index is 13.4. The Hall–Kier alpha value is -2.42. The second kappa shape index (κ2) is 10.8. The number of carbonyl (C=O) groups is 2. The van der Waals surface area contributed by atoms with E-state index in [-0.39, 0.29) is 64.8 Å². The van der Waals surface area contributed by atoms with Crippen LogP contribution >= 0.6 is 0 Å². The van der Waals surface area contributed by atoms with Gasteiger partial charge in [0.15, 0.2) is 6.29 Å². The summed E-state index contributed by atoms with van der Waals surface area (Å²) in [4.78, 5) is 25.3. The maximum Gasteiger partial charge on any atom is 0.412 e. The van der Waals surface area contributed by atoms with Gasteiger partial charge in [-0.05, 0) is 67.1 Å². The Morgan fingerprint density at radius 2 is 1.70 bits per heavy atom. The molecular formula is C36H49NO7. The van der Waals surface area contributed by atoms with Crippen molar-refractivity contribution in [1.82, 2.24) is 0 Å². The highest BCUT2D eigenvalue weighted by atomic mass is 16.7. The molecule has 4 aliphatic carbocycles. The van der Waals surface area contributed by atoms with E-state index in [1.807, 2.05) is 30.3 Å². The van der Waals surface area contributed by atoms with Crippen molar-refractivity contribution in [3.8, 4) is 0 Å². The number of fused-ring (bicyclic) bond motifs is 7. The van der Waals surface area contributed by atoms with Crippen LogP contribution in [0.25, 0.3) is 0 Å². The molecule has 2 saturated heterocycles. The van der Waals surface area contributed by atoms with Crippen molar-refractivity contribution < 1.29 is 33.3 Å². The molecule has 44 heavy (non-hydrogen) atoms. The van der Waals surface area contributed by atoms with Gasteiger partial charge >= 0.3 is 12.1 Å². The van der Waals surface area contributed by atoms with Gasteiger partial charge in [0.25, 0.3) is 0 Å². The number of para-hydroxylation sites is 1. The number of hydrogen-bond donors (Lipinski definition) is 1. The number of carbonyl (C=O) groups excluding carboxylic acids is 2. The number of esters is 1. The maximum absolute atomic E-state index is 13.4. The smallest absolute Gasteiger partial charge is 0.412 e. The van der Waals surface area contributed by atoms with E-state index in [0.29, 0.717) is 29.9 Å². The van der Waals surface area contributed by atoms with E-state index in [1.165, 1.54) is 12.5 Å². The first kappa shape index (κ1) is 30.2. The lowest BCUT2D eigenvalue weighted by molar-refractivity contribution is -0.253. The van der Waals surface area contributed by atoms with Crippen LogP contribution in [0, 0.1) is 45.8 Å². The van der Waals surface area contributed by atoms with Crippen molar-refractivity contribution >= 4 is 17.7 Å². The largest absolute Gasteiger partial charge is 0.459 e. The standard InChI is InChI=1S/C36H49NO7/c1-20(32-40-18-34(3,4)19-41-32)24-12-13-25-29-26(14-15-35(24,25)5)36(6)22(17-28(42-21(2)38)30-31(36)44-30)16-27(29)43-33(39)37-23-10-8-7-9-11-23/h7-11,16,20,24-32H,12-15,17-19H2,1-6H3,(H,37,39)/t20?,24-,25+,26+,27-,28-,29+,30+,31+,35-,36+/m1/s1. The highest BCUT2D eigenvalue weighted by Crippen LogP contribution is 2.70. The van der Waals surface area contributed by atoms with Crippen molar-refractivity contribution in [2.45, 2.75) is 104 Å². The van der Waals surface area contributed by atoms with Crippen LogP contribution in [0.2, 0.25) is 0 Å². The summed E-state index contributed by atoms with van der Waals surface area (Å²) in [6.45, 7) is 14.4. The third-order valence-corrected chi connectivity index (χ3v) is 12.4. The lowest BCUT2D eigenvalue weighted by Gasteiger charge is -2.59. The van der Waals surface area contributed by atoms with Crippen molar-refractivity contribution in [3.63, 3.8) is 0 Å². The summed E-state index contributed by atoms with van der Waals surface area (Å²) in [6.07, 6.45) is 5.86. The number of anilines is 1. The predicted octanol–water partition coefficient (Wildman–Crippen LogP) is 6.75. The zero-order valence-corrected chi connectivity index (χ0v) is 27.0. The van der Waals surface area contributed by atoms with Crippen molar-refractivity contribution in [2.24, 2.45) is 45.8 Å². The molecule has 1 N–H and O–H groups in total. The van der Waals surface area contributed by atoms with Gasteiger partial charge in [0.05, 0.1) is 19.3 Å². The van der Waals surface area contributed by atoms with Gasteiger partial charge in [-0.1, -0.05) is 58.4 Å². The summed E-state index contributed by atoms with van der Waals surface area (Å²) < 4.78 is 31.1. The molecule has 11 atom stereocenters. The van der Waals surface area contributed by atoms with Crippen molar-refractivity contribution in [3.05, 3.63) is 42.0 Å². The predicted molar refractivity (Wildman–Crippen MR) is 165 cm³/mol. The second-order valence-electron chi connectivity index (χ2n) is 15.7. The second-order valence-corrected chi connectivity index (χ2v) is 15.7. The summed E-state index contributed by atoms with van der Waals surface area (Å²) in [5, 5.41) is 2.95. The number of ether oxygens (including phenoxy) is 5. The van der Waals surface area contributed by atoms with Crippen molar-refractivity contribution in [2.75, 3.05) is 18.5 Å². The Bertz CT molecular complexity index is 1300. The number of rotatable bonds is 5. The van der Waals surface area contributed by atoms with E-state index in [4.69, 9.17) is 23.7 Å².